The molecule has 0 unspecified atom stereocenters. The van der Waals surface area contributed by atoms with Crippen molar-refractivity contribution in [3.05, 3.63) is 22.4 Å². The number of fused-ring (bicyclic) bond motifs is 1. The molecule has 120 valence electrons. The Bertz CT molecular complexity index is 649. The Morgan fingerprint density at radius 2 is 1.95 bits per heavy atom. The van der Waals surface area contributed by atoms with Crippen molar-refractivity contribution in [2.75, 3.05) is 31.1 Å². The van der Waals surface area contributed by atoms with Crippen LogP contribution < -0.4 is 5.32 Å². The van der Waals surface area contributed by atoms with Crippen LogP contribution in [0.4, 0.5) is 0 Å². The Balaban J connectivity index is 1.43. The molecule has 2 amide bonds. The molecule has 0 saturated carbocycles. The van der Waals surface area contributed by atoms with Gasteiger partial charge < -0.3 is 10.2 Å². The topological polar surface area (TPSA) is 83.6 Å². The molecule has 6 nitrogen and oxygen atoms in total. The molecule has 0 bridgehead atoms. The number of carbonyl (C=O) groups excluding carboxylic acids is 2. The van der Waals surface area contributed by atoms with E-state index in [4.69, 9.17) is 0 Å². The van der Waals surface area contributed by atoms with Crippen molar-refractivity contribution >= 4 is 33.0 Å². The van der Waals surface area contributed by atoms with Gasteiger partial charge in [-0.15, -0.1) is 0 Å². The molecule has 0 radical (unpaired) electrons. The summed E-state index contributed by atoms with van der Waals surface area (Å²) in [5.41, 5.74) is 0.610. The van der Waals surface area contributed by atoms with Gasteiger partial charge in [-0.25, -0.2) is 8.42 Å². The minimum atomic E-state index is -2.90. The van der Waals surface area contributed by atoms with Crippen molar-refractivity contribution < 1.29 is 18.0 Å². The number of hydrogen-bond acceptors (Lipinski definition) is 5. The van der Waals surface area contributed by atoms with Crippen molar-refractivity contribution in [1.82, 2.24) is 10.2 Å². The summed E-state index contributed by atoms with van der Waals surface area (Å²) in [5, 5.41) is 6.32. The van der Waals surface area contributed by atoms with Gasteiger partial charge in [-0.2, -0.15) is 11.3 Å². The van der Waals surface area contributed by atoms with Crippen LogP contribution in [0.15, 0.2) is 16.8 Å². The molecule has 8 heteroatoms. The number of nitrogens with one attached hydrogen (secondary N) is 1. The van der Waals surface area contributed by atoms with Gasteiger partial charge in [-0.1, -0.05) is 0 Å². The van der Waals surface area contributed by atoms with E-state index in [1.54, 1.807) is 16.3 Å². The van der Waals surface area contributed by atoms with Crippen molar-refractivity contribution in [3.63, 3.8) is 0 Å². The van der Waals surface area contributed by atoms with Gasteiger partial charge in [0.1, 0.15) is 0 Å². The fourth-order valence-corrected chi connectivity index (χ4v) is 6.01. The maximum atomic E-state index is 12.1. The van der Waals surface area contributed by atoms with Crippen LogP contribution in [0.3, 0.4) is 0 Å². The molecule has 0 aromatic carbocycles. The van der Waals surface area contributed by atoms with Crippen molar-refractivity contribution in [2.24, 2.45) is 11.8 Å². The van der Waals surface area contributed by atoms with Gasteiger partial charge in [0.05, 0.1) is 11.5 Å². The van der Waals surface area contributed by atoms with E-state index in [1.165, 1.54) is 11.3 Å². The minimum Gasteiger partial charge on any atom is -0.351 e. The van der Waals surface area contributed by atoms with E-state index in [1.807, 2.05) is 5.38 Å². The normalized spacial score (nSPS) is 25.9. The van der Waals surface area contributed by atoms with E-state index in [9.17, 15) is 18.0 Å². The van der Waals surface area contributed by atoms with E-state index >= 15 is 0 Å². The molecular formula is C14H18N2O4S2. The standard InChI is InChI=1S/C14H18N2O4S2/c17-13(1-3-15-14(18)10-2-4-21-7-10)16-5-11-8-22(19,20)9-12(11)6-16/h2,4,7,11-12H,1,3,5-6,8-9H2,(H,15,18)/t11-,12+. The van der Waals surface area contributed by atoms with E-state index in [0.29, 0.717) is 25.2 Å². The lowest BCUT2D eigenvalue weighted by Gasteiger charge is -2.17. The Labute approximate surface area is 133 Å². The van der Waals surface area contributed by atoms with Gasteiger partial charge in [0.2, 0.25) is 5.91 Å². The average molecular weight is 342 g/mol. The predicted octanol–water partition coefficient (Wildman–Crippen LogP) is 0.371. The van der Waals surface area contributed by atoms with Crippen LogP contribution in [0.25, 0.3) is 0 Å². The van der Waals surface area contributed by atoms with Crippen LogP contribution in [0.1, 0.15) is 16.8 Å². The van der Waals surface area contributed by atoms with E-state index < -0.39 is 9.84 Å². The Hall–Kier alpha value is -1.41. The number of sulfone groups is 1. The molecule has 1 aromatic rings. The number of nitrogens with zero attached hydrogens (tertiary/aromatic N) is 1. The molecule has 22 heavy (non-hydrogen) atoms. The highest BCUT2D eigenvalue weighted by molar-refractivity contribution is 7.91. The Morgan fingerprint density at radius 1 is 1.27 bits per heavy atom. The molecular weight excluding hydrogens is 324 g/mol. The number of amides is 2. The lowest BCUT2D eigenvalue weighted by Crippen LogP contribution is -2.34. The van der Waals surface area contributed by atoms with Crippen molar-refractivity contribution in [3.8, 4) is 0 Å². The van der Waals surface area contributed by atoms with Gasteiger partial charge in [0.25, 0.3) is 5.91 Å². The summed E-state index contributed by atoms with van der Waals surface area (Å²) < 4.78 is 23.1. The van der Waals surface area contributed by atoms with Crippen LogP contribution >= 0.6 is 11.3 Å². The third-order valence-electron chi connectivity index (χ3n) is 4.27. The zero-order valence-electron chi connectivity index (χ0n) is 12.0. The molecule has 2 fully saturated rings. The molecule has 0 aliphatic carbocycles. The molecule has 1 aromatic heterocycles. The maximum absolute atomic E-state index is 12.1. The van der Waals surface area contributed by atoms with Gasteiger partial charge in [-0.05, 0) is 23.3 Å². The first-order valence-corrected chi connectivity index (χ1v) is 9.99. The number of hydrogen-bond donors (Lipinski definition) is 1. The van der Waals surface area contributed by atoms with Crippen LogP contribution in [0.2, 0.25) is 0 Å². The molecule has 2 aliphatic heterocycles. The second kappa shape index (κ2) is 6.00. The zero-order valence-corrected chi connectivity index (χ0v) is 13.7. The largest absolute Gasteiger partial charge is 0.351 e. The summed E-state index contributed by atoms with van der Waals surface area (Å²) in [5.74, 6) is 0.409. The van der Waals surface area contributed by atoms with Gasteiger partial charge >= 0.3 is 0 Å². The molecule has 2 atom stereocenters. The predicted molar refractivity (Wildman–Crippen MR) is 83.5 cm³/mol. The molecule has 3 rings (SSSR count). The first-order chi connectivity index (χ1) is 10.4. The van der Waals surface area contributed by atoms with Crippen molar-refractivity contribution in [1.29, 1.82) is 0 Å². The van der Waals surface area contributed by atoms with Crippen LogP contribution in [0, 0.1) is 11.8 Å². The molecule has 1 N–H and O–H groups in total. The maximum Gasteiger partial charge on any atom is 0.252 e. The van der Waals surface area contributed by atoms with Crippen LogP contribution in [-0.2, 0) is 14.6 Å². The summed E-state index contributed by atoms with van der Waals surface area (Å²) in [7, 11) is -2.90. The number of rotatable bonds is 4. The summed E-state index contributed by atoms with van der Waals surface area (Å²) in [6.45, 7) is 1.36. The van der Waals surface area contributed by atoms with Crippen LogP contribution in [-0.4, -0.2) is 56.3 Å². The highest BCUT2D eigenvalue weighted by atomic mass is 32.2. The van der Waals surface area contributed by atoms with E-state index in [-0.39, 0.29) is 41.6 Å². The fourth-order valence-electron chi connectivity index (χ4n) is 3.18. The van der Waals surface area contributed by atoms with Gasteiger partial charge in [0.15, 0.2) is 9.84 Å². The first-order valence-electron chi connectivity index (χ1n) is 7.23. The van der Waals surface area contributed by atoms with Gasteiger partial charge in [0, 0.05) is 37.0 Å². The number of thiophene rings is 1. The second-order valence-electron chi connectivity index (χ2n) is 5.91. The molecule has 2 saturated heterocycles. The highest BCUT2D eigenvalue weighted by Crippen LogP contribution is 2.32. The van der Waals surface area contributed by atoms with E-state index in [0.717, 1.165) is 0 Å². The smallest absolute Gasteiger partial charge is 0.252 e. The van der Waals surface area contributed by atoms with Gasteiger partial charge in [-0.3, -0.25) is 9.59 Å². The molecule has 0 spiro atoms. The van der Waals surface area contributed by atoms with Crippen LogP contribution in [0.5, 0.6) is 0 Å². The zero-order chi connectivity index (χ0) is 15.7. The number of carbonyl (C=O) groups is 2. The fraction of sp³-hybridized carbons (Fsp3) is 0.571. The third-order valence-corrected chi connectivity index (χ3v) is 6.83. The third kappa shape index (κ3) is 3.33. The Morgan fingerprint density at radius 3 is 2.55 bits per heavy atom. The summed E-state index contributed by atoms with van der Waals surface area (Å²) in [6, 6.07) is 1.74. The lowest BCUT2D eigenvalue weighted by molar-refractivity contribution is -0.130. The number of likely N-dealkylation sites (tertiary alicyclic amines) is 1. The highest BCUT2D eigenvalue weighted by Gasteiger charge is 2.44. The second-order valence-corrected chi connectivity index (χ2v) is 8.85. The molecule has 3 heterocycles. The van der Waals surface area contributed by atoms with E-state index in [2.05, 4.69) is 5.32 Å². The lowest BCUT2D eigenvalue weighted by atomic mass is 10.0. The monoisotopic (exact) mass is 342 g/mol. The summed E-state index contributed by atoms with van der Waals surface area (Å²) >= 11 is 1.45. The Kier molecular flexibility index (Phi) is 4.22. The minimum absolute atomic E-state index is 0.0163. The van der Waals surface area contributed by atoms with Crippen molar-refractivity contribution in [2.45, 2.75) is 6.42 Å². The molecule has 2 aliphatic rings. The summed E-state index contributed by atoms with van der Waals surface area (Å²) in [4.78, 5) is 25.6. The summed E-state index contributed by atoms with van der Waals surface area (Å²) in [6.07, 6.45) is 0.252. The average Bonchev–Trinajstić information content (AvgIpc) is 3.12. The quantitative estimate of drug-likeness (QED) is 0.857. The first kappa shape index (κ1) is 15.5. The SMILES string of the molecule is O=C(NCCC(=O)N1C[C@@H]2CS(=O)(=O)C[C@@H]2C1)c1ccsc1.